The quantitative estimate of drug-likeness (QED) is 0.262. The summed E-state index contributed by atoms with van der Waals surface area (Å²) in [6.07, 6.45) is 0.843. The van der Waals surface area contributed by atoms with E-state index < -0.39 is 6.30 Å². The average molecular weight is 546 g/mol. The summed E-state index contributed by atoms with van der Waals surface area (Å²) in [5, 5.41) is 11.2. The number of pyridine rings is 1. The Balaban J connectivity index is 1.44. The molecule has 0 aliphatic rings. The number of nitrogens with zero attached hydrogens (tertiary/aromatic N) is 7. The van der Waals surface area contributed by atoms with Crippen LogP contribution in [0.2, 0.25) is 5.15 Å². The van der Waals surface area contributed by atoms with E-state index in [-0.39, 0.29) is 21.4 Å². The van der Waals surface area contributed by atoms with Crippen LogP contribution in [0.4, 0.5) is 24.7 Å². The third-order valence-electron chi connectivity index (χ3n) is 5.32. The molecule has 10 nitrogen and oxygen atoms in total. The summed E-state index contributed by atoms with van der Waals surface area (Å²) >= 11 is 6.07. The lowest BCUT2D eigenvalue weighted by atomic mass is 10.2. The third-order valence-corrected chi connectivity index (χ3v) is 5.52. The topological polar surface area (TPSA) is 122 Å². The Bertz CT molecular complexity index is 1500. The molecule has 198 valence electrons. The molecular weight excluding hydrogens is 523 g/mol. The van der Waals surface area contributed by atoms with E-state index in [1.807, 2.05) is 13.8 Å². The van der Waals surface area contributed by atoms with Gasteiger partial charge in [-0.05, 0) is 26.0 Å². The molecule has 0 aromatic carbocycles. The molecule has 1 atom stereocenters. The smallest absolute Gasteiger partial charge is 0.477 e. The van der Waals surface area contributed by atoms with Gasteiger partial charge in [-0.1, -0.05) is 23.4 Å². The van der Waals surface area contributed by atoms with Gasteiger partial charge in [0.2, 0.25) is 5.88 Å². The molecule has 0 radical (unpaired) electrons. The summed E-state index contributed by atoms with van der Waals surface area (Å²) in [6, 6.07) is 3.10. The summed E-state index contributed by atoms with van der Waals surface area (Å²) in [6.45, 7) is 4.11. The predicted octanol–water partition coefficient (Wildman–Crippen LogP) is 4.16. The molecule has 4 heterocycles. The average Bonchev–Trinajstić information content (AvgIpc) is 3.43. The standard InChI is InChI=1S/C24H23ClF3N9O/c1-14(7-9-38-23-21(15(2)35-36(23)3)22-30-8-6-20(29)34-22)33-18-10-19(25)31-12-17(18)5-4-16-11-32-37(13-16)24(26,27)28/h6,8,10-14H,7,9H2,1-3H3,(H,31,33)(H2,29,30,34)/t14-/m0/s1. The first-order chi connectivity index (χ1) is 18.0. The number of nitrogens with two attached hydrogens (primary N) is 1. The van der Waals surface area contributed by atoms with Gasteiger partial charge < -0.3 is 15.8 Å². The van der Waals surface area contributed by atoms with Crippen molar-refractivity contribution in [1.29, 1.82) is 0 Å². The fourth-order valence-corrected chi connectivity index (χ4v) is 3.70. The molecule has 4 aromatic rings. The van der Waals surface area contributed by atoms with Gasteiger partial charge >= 0.3 is 6.30 Å². The Morgan fingerprint density at radius 1 is 1.24 bits per heavy atom. The molecule has 0 saturated carbocycles. The maximum absolute atomic E-state index is 12.8. The van der Waals surface area contributed by atoms with Gasteiger partial charge in [0.25, 0.3) is 0 Å². The Hall–Kier alpha value is -4.31. The number of aromatic nitrogens is 7. The molecule has 0 aliphatic heterocycles. The number of alkyl halides is 3. The number of anilines is 2. The van der Waals surface area contributed by atoms with Gasteiger partial charge in [-0.3, -0.25) is 0 Å². The second kappa shape index (κ2) is 11.0. The Morgan fingerprint density at radius 3 is 2.74 bits per heavy atom. The number of nitrogens with one attached hydrogen (secondary N) is 1. The Labute approximate surface area is 221 Å². The van der Waals surface area contributed by atoms with Gasteiger partial charge in [0, 0.05) is 38.1 Å². The van der Waals surface area contributed by atoms with Gasteiger partial charge in [-0.2, -0.15) is 14.9 Å². The van der Waals surface area contributed by atoms with E-state index in [2.05, 4.69) is 42.3 Å². The monoisotopic (exact) mass is 545 g/mol. The van der Waals surface area contributed by atoms with Crippen LogP contribution in [0.15, 0.2) is 36.9 Å². The molecule has 4 rings (SSSR count). The lowest BCUT2D eigenvalue weighted by Crippen LogP contribution is -2.19. The van der Waals surface area contributed by atoms with Crippen molar-refractivity contribution in [2.24, 2.45) is 7.05 Å². The van der Waals surface area contributed by atoms with Crippen LogP contribution in [-0.4, -0.2) is 47.2 Å². The van der Waals surface area contributed by atoms with E-state index in [0.717, 1.165) is 12.4 Å². The number of hydrogen-bond donors (Lipinski definition) is 2. The number of rotatable bonds is 7. The van der Waals surface area contributed by atoms with Crippen molar-refractivity contribution in [2.45, 2.75) is 32.6 Å². The van der Waals surface area contributed by atoms with E-state index in [9.17, 15) is 13.2 Å². The van der Waals surface area contributed by atoms with Crippen LogP contribution in [0.25, 0.3) is 11.4 Å². The van der Waals surface area contributed by atoms with E-state index in [1.165, 1.54) is 6.20 Å². The molecule has 0 spiro atoms. The highest BCUT2D eigenvalue weighted by Crippen LogP contribution is 2.31. The molecule has 0 bridgehead atoms. The van der Waals surface area contributed by atoms with Gasteiger partial charge in [0.15, 0.2) is 5.82 Å². The molecule has 0 fully saturated rings. The minimum Gasteiger partial charge on any atom is -0.477 e. The van der Waals surface area contributed by atoms with Gasteiger partial charge in [0.05, 0.1) is 35.3 Å². The van der Waals surface area contributed by atoms with Crippen molar-refractivity contribution in [3.8, 4) is 29.1 Å². The molecule has 0 unspecified atom stereocenters. The zero-order valence-corrected chi connectivity index (χ0v) is 21.3. The molecule has 14 heteroatoms. The zero-order valence-electron chi connectivity index (χ0n) is 20.6. The first-order valence-electron chi connectivity index (χ1n) is 11.3. The van der Waals surface area contributed by atoms with Crippen LogP contribution in [-0.2, 0) is 13.3 Å². The van der Waals surface area contributed by atoms with E-state index in [0.29, 0.717) is 53.1 Å². The van der Waals surface area contributed by atoms with Crippen LogP contribution >= 0.6 is 11.6 Å². The van der Waals surface area contributed by atoms with Crippen molar-refractivity contribution >= 4 is 23.1 Å². The highest BCUT2D eigenvalue weighted by Gasteiger charge is 2.31. The fourth-order valence-electron chi connectivity index (χ4n) is 3.54. The summed E-state index contributed by atoms with van der Waals surface area (Å²) in [5.41, 5.74) is 8.33. The number of nitrogen functional groups attached to an aromatic ring is 1. The molecule has 0 aliphatic carbocycles. The maximum Gasteiger partial charge on any atom is 0.504 e. The number of halogens is 4. The number of aryl methyl sites for hydroxylation is 2. The molecular formula is C24H23ClF3N9O. The first-order valence-corrected chi connectivity index (χ1v) is 11.7. The highest BCUT2D eigenvalue weighted by atomic mass is 35.5. The normalized spacial score (nSPS) is 12.1. The summed E-state index contributed by atoms with van der Waals surface area (Å²) < 4.78 is 45.9. The summed E-state index contributed by atoms with van der Waals surface area (Å²) in [7, 11) is 1.77. The van der Waals surface area contributed by atoms with Crippen LogP contribution in [0.3, 0.4) is 0 Å². The molecule has 3 N–H and O–H groups in total. The van der Waals surface area contributed by atoms with Gasteiger partial charge in [-0.15, -0.1) is 13.2 Å². The second-order valence-electron chi connectivity index (χ2n) is 8.32. The second-order valence-corrected chi connectivity index (χ2v) is 8.71. The molecule has 4 aromatic heterocycles. The van der Waals surface area contributed by atoms with Crippen molar-refractivity contribution in [1.82, 2.24) is 34.5 Å². The fraction of sp³-hybridized carbons (Fsp3) is 0.292. The Kier molecular flexibility index (Phi) is 7.72. The highest BCUT2D eigenvalue weighted by molar-refractivity contribution is 6.29. The van der Waals surface area contributed by atoms with E-state index in [4.69, 9.17) is 22.1 Å². The SMILES string of the molecule is Cc1nn(C)c(OCC[C@H](C)Nc2cc(Cl)ncc2C#Cc2cnn(C(F)(F)F)c2)c1-c1nccc(N)n1. The first kappa shape index (κ1) is 26.7. The van der Waals surface area contributed by atoms with E-state index >= 15 is 0 Å². The molecule has 0 amide bonds. The van der Waals surface area contributed by atoms with Crippen molar-refractivity contribution in [3.05, 3.63) is 58.9 Å². The minimum absolute atomic E-state index is 0.0941. The summed E-state index contributed by atoms with van der Waals surface area (Å²) in [4.78, 5) is 12.6. The van der Waals surface area contributed by atoms with Gasteiger partial charge in [0.1, 0.15) is 16.5 Å². The van der Waals surface area contributed by atoms with Crippen LogP contribution in [0, 0.1) is 18.8 Å². The number of hydrogen-bond acceptors (Lipinski definition) is 8. The minimum atomic E-state index is -4.61. The van der Waals surface area contributed by atoms with Gasteiger partial charge in [-0.25, -0.2) is 19.6 Å². The van der Waals surface area contributed by atoms with Crippen LogP contribution in [0.1, 0.15) is 30.2 Å². The van der Waals surface area contributed by atoms with Crippen LogP contribution in [0.5, 0.6) is 5.88 Å². The van der Waals surface area contributed by atoms with Crippen LogP contribution < -0.4 is 15.8 Å². The lowest BCUT2D eigenvalue weighted by Gasteiger charge is -2.17. The zero-order chi connectivity index (χ0) is 27.4. The third kappa shape index (κ3) is 6.33. The van der Waals surface area contributed by atoms with Crippen molar-refractivity contribution in [2.75, 3.05) is 17.7 Å². The molecule has 0 saturated heterocycles. The number of ether oxygens (including phenoxy) is 1. The Morgan fingerprint density at radius 2 is 2.03 bits per heavy atom. The lowest BCUT2D eigenvalue weighted by molar-refractivity contribution is -0.212. The van der Waals surface area contributed by atoms with E-state index in [1.54, 1.807) is 30.1 Å². The predicted molar refractivity (Wildman–Crippen MR) is 135 cm³/mol. The largest absolute Gasteiger partial charge is 0.504 e. The summed E-state index contributed by atoms with van der Waals surface area (Å²) in [5.74, 6) is 6.78. The van der Waals surface area contributed by atoms with Crippen molar-refractivity contribution in [3.63, 3.8) is 0 Å². The van der Waals surface area contributed by atoms with Crippen molar-refractivity contribution < 1.29 is 17.9 Å². The maximum atomic E-state index is 12.8. The molecule has 38 heavy (non-hydrogen) atoms.